The van der Waals surface area contributed by atoms with E-state index in [0.29, 0.717) is 10.8 Å². The first-order chi connectivity index (χ1) is 12.7. The minimum absolute atomic E-state index is 0.145. The van der Waals surface area contributed by atoms with Gasteiger partial charge in [0.2, 0.25) is 5.95 Å². The molecule has 27 heavy (non-hydrogen) atoms. The maximum Gasteiger partial charge on any atom is 0.268 e. The van der Waals surface area contributed by atoms with Gasteiger partial charge in [-0.05, 0) is 31.5 Å². The summed E-state index contributed by atoms with van der Waals surface area (Å²) in [6.45, 7) is 10.2. The Morgan fingerprint density at radius 1 is 1.11 bits per heavy atom. The maximum atomic E-state index is 12.9. The number of nitrogens with zero attached hydrogens (tertiary/aromatic N) is 3. The number of aryl methyl sites for hydroxylation is 2. The molecule has 0 spiro atoms. The SMILES string of the molecule is Cc1nc(C(C)(C)C)nc2sc(C(=O)Nc3nc4ccccc4[nH]3)c(C)c12. The predicted molar refractivity (Wildman–Crippen MR) is 110 cm³/mol. The van der Waals surface area contributed by atoms with Crippen LogP contribution in [0.1, 0.15) is 47.5 Å². The molecule has 0 saturated carbocycles. The first-order valence-electron chi connectivity index (χ1n) is 8.78. The molecule has 3 aromatic heterocycles. The fourth-order valence-corrected chi connectivity index (χ4v) is 4.19. The van der Waals surface area contributed by atoms with Crippen LogP contribution in [0, 0.1) is 13.8 Å². The molecule has 0 aliphatic heterocycles. The van der Waals surface area contributed by atoms with Crippen LogP contribution < -0.4 is 5.32 Å². The second-order valence-corrected chi connectivity index (χ2v) is 8.67. The average molecular weight is 379 g/mol. The van der Waals surface area contributed by atoms with Crippen molar-refractivity contribution in [2.24, 2.45) is 0 Å². The molecule has 0 fully saturated rings. The van der Waals surface area contributed by atoms with Crippen molar-refractivity contribution in [2.45, 2.75) is 40.0 Å². The van der Waals surface area contributed by atoms with E-state index in [1.165, 1.54) is 11.3 Å². The van der Waals surface area contributed by atoms with Gasteiger partial charge >= 0.3 is 0 Å². The van der Waals surface area contributed by atoms with Crippen LogP contribution >= 0.6 is 11.3 Å². The molecule has 1 aromatic carbocycles. The monoisotopic (exact) mass is 379 g/mol. The highest BCUT2D eigenvalue weighted by atomic mass is 32.1. The second-order valence-electron chi connectivity index (χ2n) is 7.68. The van der Waals surface area contributed by atoms with Crippen molar-refractivity contribution >= 4 is 44.4 Å². The minimum Gasteiger partial charge on any atom is -0.324 e. The molecule has 0 saturated heterocycles. The summed E-state index contributed by atoms with van der Waals surface area (Å²) in [5, 5.41) is 3.83. The van der Waals surface area contributed by atoms with E-state index >= 15 is 0 Å². The fourth-order valence-electron chi connectivity index (χ4n) is 3.07. The molecule has 0 aliphatic rings. The predicted octanol–water partition coefficient (Wildman–Crippen LogP) is 4.73. The van der Waals surface area contributed by atoms with Crippen LogP contribution in [-0.2, 0) is 5.41 Å². The number of aromatic amines is 1. The minimum atomic E-state index is -0.189. The number of fused-ring (bicyclic) bond motifs is 2. The lowest BCUT2D eigenvalue weighted by molar-refractivity contribution is 0.102. The van der Waals surface area contributed by atoms with E-state index in [-0.39, 0.29) is 11.3 Å². The third-order valence-electron chi connectivity index (χ3n) is 4.47. The summed E-state index contributed by atoms with van der Waals surface area (Å²) in [6, 6.07) is 7.67. The van der Waals surface area contributed by atoms with Crippen molar-refractivity contribution in [3.8, 4) is 0 Å². The number of anilines is 1. The Labute approximate surface area is 161 Å². The summed E-state index contributed by atoms with van der Waals surface area (Å²) in [5.41, 5.74) is 3.37. The van der Waals surface area contributed by atoms with Crippen molar-refractivity contribution in [1.29, 1.82) is 0 Å². The topological polar surface area (TPSA) is 83.6 Å². The van der Waals surface area contributed by atoms with Crippen LogP contribution in [0.15, 0.2) is 24.3 Å². The van der Waals surface area contributed by atoms with Gasteiger partial charge in [-0.1, -0.05) is 32.9 Å². The first-order valence-corrected chi connectivity index (χ1v) is 9.60. The number of nitrogens with one attached hydrogen (secondary N) is 2. The fraction of sp³-hybridized carbons (Fsp3) is 0.300. The third kappa shape index (κ3) is 3.08. The number of rotatable bonds is 2. The van der Waals surface area contributed by atoms with E-state index in [1.807, 2.05) is 38.1 Å². The molecule has 0 aliphatic carbocycles. The van der Waals surface area contributed by atoms with Gasteiger partial charge in [0, 0.05) is 10.8 Å². The molecule has 138 valence electrons. The number of imidazole rings is 1. The lowest BCUT2D eigenvalue weighted by Crippen LogP contribution is -2.16. The Hall–Kier alpha value is -2.80. The van der Waals surface area contributed by atoms with Gasteiger partial charge in [0.15, 0.2) is 0 Å². The molecular formula is C20H21N5OS. The molecular weight excluding hydrogens is 358 g/mol. The summed E-state index contributed by atoms with van der Waals surface area (Å²) < 4.78 is 0. The molecule has 2 N–H and O–H groups in total. The quantitative estimate of drug-likeness (QED) is 0.527. The average Bonchev–Trinajstić information content (AvgIpc) is 3.14. The van der Waals surface area contributed by atoms with E-state index < -0.39 is 0 Å². The van der Waals surface area contributed by atoms with Gasteiger partial charge in [-0.3, -0.25) is 10.1 Å². The Bertz CT molecular complexity index is 1150. The molecule has 4 rings (SSSR count). The molecule has 0 unspecified atom stereocenters. The standard InChI is InChI=1S/C20H21N5OS/c1-10-14-11(2)21-18(20(3,4)5)25-17(14)27-15(10)16(26)24-19-22-12-8-6-7-9-13(12)23-19/h6-9H,1-5H3,(H2,22,23,24,26). The van der Waals surface area contributed by atoms with E-state index in [1.54, 1.807) is 0 Å². The van der Waals surface area contributed by atoms with Gasteiger partial charge in [-0.2, -0.15) is 0 Å². The Kier molecular flexibility index (Phi) is 3.99. The number of H-pyrrole nitrogens is 1. The van der Waals surface area contributed by atoms with Gasteiger partial charge < -0.3 is 4.98 Å². The highest BCUT2D eigenvalue weighted by molar-refractivity contribution is 7.20. The number of aromatic nitrogens is 4. The molecule has 4 aromatic rings. The van der Waals surface area contributed by atoms with Crippen LogP contribution in [0.3, 0.4) is 0 Å². The summed E-state index contributed by atoms with van der Waals surface area (Å²) in [4.78, 5) is 31.3. The number of thiophene rings is 1. The van der Waals surface area contributed by atoms with Gasteiger partial charge in [0.25, 0.3) is 5.91 Å². The van der Waals surface area contributed by atoms with Crippen molar-refractivity contribution in [2.75, 3.05) is 5.32 Å². The van der Waals surface area contributed by atoms with Crippen LogP contribution in [0.2, 0.25) is 0 Å². The van der Waals surface area contributed by atoms with E-state index in [2.05, 4.69) is 41.0 Å². The highest BCUT2D eigenvalue weighted by Crippen LogP contribution is 2.33. The zero-order valence-electron chi connectivity index (χ0n) is 16.0. The normalized spacial score (nSPS) is 12.0. The van der Waals surface area contributed by atoms with Crippen LogP contribution in [0.25, 0.3) is 21.3 Å². The van der Waals surface area contributed by atoms with E-state index in [9.17, 15) is 4.79 Å². The molecule has 3 heterocycles. The zero-order valence-corrected chi connectivity index (χ0v) is 16.8. The maximum absolute atomic E-state index is 12.9. The van der Waals surface area contributed by atoms with Gasteiger partial charge in [0.1, 0.15) is 10.7 Å². The Balaban J connectivity index is 1.73. The summed E-state index contributed by atoms with van der Waals surface area (Å²) in [5.74, 6) is 1.04. The molecule has 7 heteroatoms. The van der Waals surface area contributed by atoms with Gasteiger partial charge in [-0.15, -0.1) is 11.3 Å². The Morgan fingerprint density at radius 2 is 1.85 bits per heavy atom. The zero-order chi connectivity index (χ0) is 19.3. The molecule has 1 amide bonds. The number of hydrogen-bond donors (Lipinski definition) is 2. The van der Waals surface area contributed by atoms with Gasteiger partial charge in [-0.25, -0.2) is 15.0 Å². The molecule has 0 atom stereocenters. The molecule has 0 radical (unpaired) electrons. The lowest BCUT2D eigenvalue weighted by Gasteiger charge is -2.16. The summed E-state index contributed by atoms with van der Waals surface area (Å²) >= 11 is 1.40. The van der Waals surface area contributed by atoms with Crippen LogP contribution in [0.4, 0.5) is 5.95 Å². The van der Waals surface area contributed by atoms with Crippen LogP contribution in [-0.4, -0.2) is 25.8 Å². The summed E-state index contributed by atoms with van der Waals surface area (Å²) in [6.07, 6.45) is 0. The largest absolute Gasteiger partial charge is 0.324 e. The third-order valence-corrected chi connectivity index (χ3v) is 5.65. The first kappa shape index (κ1) is 17.6. The van der Waals surface area contributed by atoms with Crippen molar-refractivity contribution < 1.29 is 4.79 Å². The smallest absolute Gasteiger partial charge is 0.268 e. The van der Waals surface area contributed by atoms with Gasteiger partial charge in [0.05, 0.1) is 21.6 Å². The van der Waals surface area contributed by atoms with Crippen molar-refractivity contribution in [3.63, 3.8) is 0 Å². The lowest BCUT2D eigenvalue weighted by atomic mass is 9.95. The number of benzene rings is 1. The number of hydrogen-bond acceptors (Lipinski definition) is 5. The Morgan fingerprint density at radius 3 is 2.56 bits per heavy atom. The number of carbonyl (C=O) groups excluding carboxylic acids is 1. The van der Waals surface area contributed by atoms with Crippen LogP contribution in [0.5, 0.6) is 0 Å². The number of para-hydroxylation sites is 2. The number of amides is 1. The second kappa shape index (κ2) is 6.13. The van der Waals surface area contributed by atoms with Crippen molar-refractivity contribution in [3.05, 3.63) is 46.2 Å². The number of carbonyl (C=O) groups is 1. The summed E-state index contributed by atoms with van der Waals surface area (Å²) in [7, 11) is 0. The van der Waals surface area contributed by atoms with E-state index in [4.69, 9.17) is 4.98 Å². The highest BCUT2D eigenvalue weighted by Gasteiger charge is 2.23. The molecule has 0 bridgehead atoms. The van der Waals surface area contributed by atoms with E-state index in [0.717, 1.165) is 38.3 Å². The van der Waals surface area contributed by atoms with Crippen molar-refractivity contribution in [1.82, 2.24) is 19.9 Å². The molecule has 6 nitrogen and oxygen atoms in total.